The standard InChI is InChI=1S/C14H20FNO3/c1-10(17)6-7-16(2)14(18)11-4-5-13(15)12(8-11)9-19-3/h4-5,8,10,17H,6-7,9H2,1-3H3. The van der Waals surface area contributed by atoms with Crippen molar-refractivity contribution >= 4 is 5.91 Å². The Hall–Kier alpha value is -1.46. The van der Waals surface area contributed by atoms with E-state index in [1.165, 1.54) is 30.2 Å². The number of carbonyl (C=O) groups is 1. The Kier molecular flexibility index (Phi) is 5.92. The number of aliphatic hydroxyl groups is 1. The number of aliphatic hydroxyl groups excluding tert-OH is 1. The van der Waals surface area contributed by atoms with Crippen LogP contribution in [0, 0.1) is 5.82 Å². The molecule has 1 atom stereocenters. The van der Waals surface area contributed by atoms with Crippen LogP contribution in [0.5, 0.6) is 0 Å². The summed E-state index contributed by atoms with van der Waals surface area (Å²) in [5.74, 6) is -0.581. The molecule has 1 amide bonds. The summed E-state index contributed by atoms with van der Waals surface area (Å²) in [5.41, 5.74) is 0.777. The van der Waals surface area contributed by atoms with Crippen LogP contribution in [-0.4, -0.2) is 42.7 Å². The van der Waals surface area contributed by atoms with Gasteiger partial charge in [0.15, 0.2) is 0 Å². The Morgan fingerprint density at radius 3 is 2.79 bits per heavy atom. The summed E-state index contributed by atoms with van der Waals surface area (Å²) in [6.07, 6.45) is 0.0569. The Balaban J connectivity index is 2.78. The van der Waals surface area contributed by atoms with Gasteiger partial charge >= 0.3 is 0 Å². The van der Waals surface area contributed by atoms with E-state index in [-0.39, 0.29) is 18.3 Å². The van der Waals surface area contributed by atoms with Crippen LogP contribution in [0.25, 0.3) is 0 Å². The third kappa shape index (κ3) is 4.61. The summed E-state index contributed by atoms with van der Waals surface area (Å²) >= 11 is 0. The number of methoxy groups -OCH3 is 1. The number of carbonyl (C=O) groups excluding carboxylic acids is 1. The van der Waals surface area contributed by atoms with E-state index in [1.54, 1.807) is 14.0 Å². The highest BCUT2D eigenvalue weighted by molar-refractivity contribution is 5.94. The fourth-order valence-electron chi connectivity index (χ4n) is 1.68. The minimum Gasteiger partial charge on any atom is -0.393 e. The molecule has 1 aromatic carbocycles. The van der Waals surface area contributed by atoms with Gasteiger partial charge in [-0.25, -0.2) is 4.39 Å². The second kappa shape index (κ2) is 7.21. The topological polar surface area (TPSA) is 49.8 Å². The summed E-state index contributed by atoms with van der Waals surface area (Å²) in [7, 11) is 3.13. The second-order valence-corrected chi connectivity index (χ2v) is 4.60. The summed E-state index contributed by atoms with van der Waals surface area (Å²) in [6.45, 7) is 2.25. The highest BCUT2D eigenvalue weighted by Crippen LogP contribution is 2.13. The molecule has 0 aliphatic heterocycles. The van der Waals surface area contributed by atoms with Crippen LogP contribution in [0.1, 0.15) is 29.3 Å². The molecule has 0 radical (unpaired) electrons. The van der Waals surface area contributed by atoms with Crippen LogP contribution in [-0.2, 0) is 11.3 Å². The zero-order valence-corrected chi connectivity index (χ0v) is 11.5. The highest BCUT2D eigenvalue weighted by atomic mass is 19.1. The molecule has 0 saturated carbocycles. The molecule has 0 saturated heterocycles. The Morgan fingerprint density at radius 1 is 1.53 bits per heavy atom. The van der Waals surface area contributed by atoms with Crippen LogP contribution in [0.4, 0.5) is 4.39 Å². The van der Waals surface area contributed by atoms with Gasteiger partial charge in [-0.15, -0.1) is 0 Å². The van der Waals surface area contributed by atoms with Crippen LogP contribution in [0.15, 0.2) is 18.2 Å². The van der Waals surface area contributed by atoms with Gasteiger partial charge in [-0.2, -0.15) is 0 Å². The molecule has 0 bridgehead atoms. The molecule has 106 valence electrons. The molecular formula is C14H20FNO3. The van der Waals surface area contributed by atoms with E-state index in [9.17, 15) is 14.3 Å². The molecule has 4 nitrogen and oxygen atoms in total. The van der Waals surface area contributed by atoms with Gasteiger partial charge in [0.25, 0.3) is 5.91 Å². The Morgan fingerprint density at radius 2 is 2.21 bits per heavy atom. The maximum atomic E-state index is 13.4. The molecule has 1 rings (SSSR count). The average molecular weight is 269 g/mol. The number of hydrogen-bond acceptors (Lipinski definition) is 3. The molecule has 0 aromatic heterocycles. The SMILES string of the molecule is COCc1cc(C(=O)N(C)CCC(C)O)ccc1F. The normalized spacial score (nSPS) is 12.3. The van der Waals surface area contributed by atoms with Crippen molar-refractivity contribution in [1.82, 2.24) is 4.90 Å². The first-order chi connectivity index (χ1) is 8.95. The van der Waals surface area contributed by atoms with Gasteiger partial charge in [-0.1, -0.05) is 0 Å². The molecule has 0 aliphatic carbocycles. The molecular weight excluding hydrogens is 249 g/mol. The minimum atomic E-state index is -0.451. The zero-order valence-electron chi connectivity index (χ0n) is 11.5. The number of rotatable bonds is 6. The van der Waals surface area contributed by atoms with E-state index in [4.69, 9.17) is 4.74 Å². The van der Waals surface area contributed by atoms with Gasteiger partial charge in [0.1, 0.15) is 5.82 Å². The van der Waals surface area contributed by atoms with Gasteiger partial charge in [-0.05, 0) is 31.5 Å². The molecule has 0 spiro atoms. The van der Waals surface area contributed by atoms with Gasteiger partial charge in [0, 0.05) is 31.8 Å². The minimum absolute atomic E-state index is 0.129. The first-order valence-corrected chi connectivity index (χ1v) is 6.16. The lowest BCUT2D eigenvalue weighted by Gasteiger charge is -2.18. The lowest BCUT2D eigenvalue weighted by Crippen LogP contribution is -2.29. The van der Waals surface area contributed by atoms with Gasteiger partial charge < -0.3 is 14.7 Å². The number of nitrogens with zero attached hydrogens (tertiary/aromatic N) is 1. The van der Waals surface area contributed by atoms with Crippen LogP contribution < -0.4 is 0 Å². The molecule has 1 aromatic rings. The van der Waals surface area contributed by atoms with Crippen molar-refractivity contribution in [3.8, 4) is 0 Å². The van der Waals surface area contributed by atoms with Crippen molar-refractivity contribution in [2.45, 2.75) is 26.1 Å². The largest absolute Gasteiger partial charge is 0.393 e. The van der Waals surface area contributed by atoms with Crippen LogP contribution in [0.2, 0.25) is 0 Å². The zero-order chi connectivity index (χ0) is 14.4. The van der Waals surface area contributed by atoms with Crippen LogP contribution in [0.3, 0.4) is 0 Å². The third-order valence-corrected chi connectivity index (χ3v) is 2.82. The molecule has 1 N–H and O–H groups in total. The van der Waals surface area contributed by atoms with E-state index in [1.807, 2.05) is 0 Å². The summed E-state index contributed by atoms with van der Waals surface area (Å²) < 4.78 is 18.3. The summed E-state index contributed by atoms with van der Waals surface area (Å²) in [5, 5.41) is 9.20. The molecule has 1 unspecified atom stereocenters. The van der Waals surface area contributed by atoms with Crippen molar-refractivity contribution in [2.24, 2.45) is 0 Å². The van der Waals surface area contributed by atoms with Crippen molar-refractivity contribution in [2.75, 3.05) is 20.7 Å². The van der Waals surface area contributed by atoms with Gasteiger partial charge in [0.2, 0.25) is 0 Å². The van der Waals surface area contributed by atoms with Gasteiger partial charge in [-0.3, -0.25) is 4.79 Å². The van der Waals surface area contributed by atoms with E-state index < -0.39 is 6.10 Å². The smallest absolute Gasteiger partial charge is 0.253 e. The van der Waals surface area contributed by atoms with Crippen molar-refractivity contribution in [3.05, 3.63) is 35.1 Å². The van der Waals surface area contributed by atoms with E-state index in [0.717, 1.165) is 0 Å². The second-order valence-electron chi connectivity index (χ2n) is 4.60. The Labute approximate surface area is 112 Å². The fourth-order valence-corrected chi connectivity index (χ4v) is 1.68. The predicted molar refractivity (Wildman–Crippen MR) is 70.4 cm³/mol. The average Bonchev–Trinajstić information content (AvgIpc) is 2.38. The number of ether oxygens (including phenoxy) is 1. The maximum Gasteiger partial charge on any atom is 0.253 e. The number of amides is 1. The lowest BCUT2D eigenvalue weighted by molar-refractivity contribution is 0.0768. The van der Waals surface area contributed by atoms with Crippen molar-refractivity contribution in [1.29, 1.82) is 0 Å². The molecule has 0 aliphatic rings. The van der Waals surface area contributed by atoms with E-state index in [2.05, 4.69) is 0 Å². The monoisotopic (exact) mass is 269 g/mol. The molecule has 0 heterocycles. The van der Waals surface area contributed by atoms with Crippen molar-refractivity contribution < 1.29 is 19.0 Å². The van der Waals surface area contributed by atoms with E-state index >= 15 is 0 Å². The summed E-state index contributed by atoms with van der Waals surface area (Å²) in [6, 6.07) is 4.22. The lowest BCUT2D eigenvalue weighted by atomic mass is 10.1. The fraction of sp³-hybridized carbons (Fsp3) is 0.500. The van der Waals surface area contributed by atoms with Gasteiger partial charge in [0.05, 0.1) is 12.7 Å². The van der Waals surface area contributed by atoms with E-state index in [0.29, 0.717) is 24.1 Å². The summed E-state index contributed by atoms with van der Waals surface area (Å²) in [4.78, 5) is 13.6. The van der Waals surface area contributed by atoms with Crippen LogP contribution >= 0.6 is 0 Å². The first-order valence-electron chi connectivity index (χ1n) is 6.16. The predicted octanol–water partition coefficient (Wildman–Crippen LogP) is 1.81. The third-order valence-electron chi connectivity index (χ3n) is 2.82. The quantitative estimate of drug-likeness (QED) is 0.857. The molecule has 5 heteroatoms. The van der Waals surface area contributed by atoms with Crippen molar-refractivity contribution in [3.63, 3.8) is 0 Å². The maximum absolute atomic E-state index is 13.4. The molecule has 0 fully saturated rings. The Bertz CT molecular complexity index is 435. The number of benzene rings is 1. The number of halogens is 1. The molecule has 19 heavy (non-hydrogen) atoms. The first kappa shape index (κ1) is 15.6. The highest BCUT2D eigenvalue weighted by Gasteiger charge is 2.14. The number of hydrogen-bond donors (Lipinski definition) is 1.